The fourth-order valence-corrected chi connectivity index (χ4v) is 4.30. The third kappa shape index (κ3) is 2.91. The summed E-state index contributed by atoms with van der Waals surface area (Å²) < 4.78 is 29.3. The summed E-state index contributed by atoms with van der Waals surface area (Å²) in [5.41, 5.74) is 2.32. The molecule has 0 aliphatic heterocycles. The van der Waals surface area contributed by atoms with Crippen LogP contribution in [0.4, 0.5) is 0 Å². The number of benzene rings is 1. The average Bonchev–Trinajstić information content (AvgIpc) is 2.83. The Morgan fingerprint density at radius 1 is 1.27 bits per heavy atom. The van der Waals surface area contributed by atoms with Gasteiger partial charge >= 0.3 is 0 Å². The van der Waals surface area contributed by atoms with Crippen LogP contribution >= 0.6 is 11.6 Å². The van der Waals surface area contributed by atoms with Crippen LogP contribution in [0.2, 0.25) is 5.02 Å². The lowest BCUT2D eigenvalue weighted by molar-refractivity contribution is 0.576. The summed E-state index contributed by atoms with van der Waals surface area (Å²) in [6, 6.07) is 6.41. The molecule has 1 aromatic heterocycles. The van der Waals surface area contributed by atoms with Crippen molar-refractivity contribution >= 4 is 21.6 Å². The van der Waals surface area contributed by atoms with E-state index in [0.29, 0.717) is 0 Å². The van der Waals surface area contributed by atoms with Gasteiger partial charge < -0.3 is 4.57 Å². The Morgan fingerprint density at radius 2 is 2.00 bits per heavy atom. The molecule has 0 amide bonds. The number of halogens is 1. The SMILES string of the molecule is Cn1c(CNS(=O)(=O)c2ccccc2Cl)nc2c1CCCC2. The Hall–Kier alpha value is -1.37. The number of hydrogen-bond donors (Lipinski definition) is 1. The van der Waals surface area contributed by atoms with Gasteiger partial charge in [-0.2, -0.15) is 0 Å². The summed E-state index contributed by atoms with van der Waals surface area (Å²) >= 11 is 5.96. The monoisotopic (exact) mass is 339 g/mol. The summed E-state index contributed by atoms with van der Waals surface area (Å²) in [5, 5.41) is 0.217. The van der Waals surface area contributed by atoms with Gasteiger partial charge in [0.05, 0.1) is 17.3 Å². The quantitative estimate of drug-likeness (QED) is 0.930. The number of nitrogens with zero attached hydrogens (tertiary/aromatic N) is 2. The zero-order valence-electron chi connectivity index (χ0n) is 12.3. The first-order valence-corrected chi connectivity index (χ1v) is 9.12. The van der Waals surface area contributed by atoms with Crippen molar-refractivity contribution in [2.75, 3.05) is 0 Å². The van der Waals surface area contributed by atoms with Gasteiger partial charge in [0.25, 0.3) is 0 Å². The second-order valence-electron chi connectivity index (χ2n) is 5.44. The number of hydrogen-bond acceptors (Lipinski definition) is 3. The smallest absolute Gasteiger partial charge is 0.242 e. The van der Waals surface area contributed by atoms with Crippen LogP contribution in [0.25, 0.3) is 0 Å². The molecule has 7 heteroatoms. The molecule has 3 rings (SSSR count). The lowest BCUT2D eigenvalue weighted by Gasteiger charge is -2.11. The predicted molar refractivity (Wildman–Crippen MR) is 85.3 cm³/mol. The molecule has 5 nitrogen and oxygen atoms in total. The van der Waals surface area contributed by atoms with E-state index in [-0.39, 0.29) is 16.5 Å². The van der Waals surface area contributed by atoms with Crippen LogP contribution in [-0.4, -0.2) is 18.0 Å². The number of fused-ring (bicyclic) bond motifs is 1. The summed E-state index contributed by atoms with van der Waals surface area (Å²) in [7, 11) is -1.70. The van der Waals surface area contributed by atoms with Crippen molar-refractivity contribution in [3.8, 4) is 0 Å². The Kier molecular flexibility index (Phi) is 4.25. The van der Waals surface area contributed by atoms with Gasteiger partial charge in [0.15, 0.2) is 0 Å². The molecule has 0 radical (unpaired) electrons. The molecule has 1 heterocycles. The molecule has 22 heavy (non-hydrogen) atoms. The molecule has 1 aliphatic rings. The maximum Gasteiger partial charge on any atom is 0.242 e. The van der Waals surface area contributed by atoms with Crippen molar-refractivity contribution in [1.29, 1.82) is 0 Å². The molecular weight excluding hydrogens is 322 g/mol. The lowest BCUT2D eigenvalue weighted by Crippen LogP contribution is -2.25. The normalized spacial score (nSPS) is 14.8. The molecule has 0 saturated heterocycles. The van der Waals surface area contributed by atoms with Crippen LogP contribution in [0.5, 0.6) is 0 Å². The summed E-state index contributed by atoms with van der Waals surface area (Å²) in [6.07, 6.45) is 4.29. The van der Waals surface area contributed by atoms with Crippen LogP contribution in [0.15, 0.2) is 29.2 Å². The molecule has 0 unspecified atom stereocenters. The molecule has 1 N–H and O–H groups in total. The molecular formula is C15H18ClN3O2S. The Bertz CT molecular complexity index is 799. The Balaban J connectivity index is 1.81. The van der Waals surface area contributed by atoms with Gasteiger partial charge in [-0.25, -0.2) is 18.1 Å². The standard InChI is InChI=1S/C15H18ClN3O2S/c1-19-13-8-4-3-7-12(13)18-15(19)10-17-22(20,21)14-9-5-2-6-11(14)16/h2,5-6,9,17H,3-4,7-8,10H2,1H3. The summed E-state index contributed by atoms with van der Waals surface area (Å²) in [6.45, 7) is 0.164. The number of rotatable bonds is 4. The number of imidazole rings is 1. The second kappa shape index (κ2) is 6.02. The van der Waals surface area contributed by atoms with E-state index in [1.54, 1.807) is 18.2 Å². The highest BCUT2D eigenvalue weighted by molar-refractivity contribution is 7.89. The van der Waals surface area contributed by atoms with E-state index in [2.05, 4.69) is 9.71 Å². The predicted octanol–water partition coefficient (Wildman–Crippen LogP) is 2.43. The third-order valence-electron chi connectivity index (χ3n) is 4.01. The van der Waals surface area contributed by atoms with Gasteiger partial charge in [0.1, 0.15) is 10.7 Å². The first-order valence-electron chi connectivity index (χ1n) is 7.26. The van der Waals surface area contributed by atoms with Crippen LogP contribution in [-0.2, 0) is 36.5 Å². The maximum atomic E-state index is 12.3. The van der Waals surface area contributed by atoms with Crippen molar-refractivity contribution in [3.05, 3.63) is 46.5 Å². The fraction of sp³-hybridized carbons (Fsp3) is 0.400. The van der Waals surface area contributed by atoms with Gasteiger partial charge in [-0.05, 0) is 37.8 Å². The first kappa shape index (κ1) is 15.5. The van der Waals surface area contributed by atoms with Gasteiger partial charge in [0.2, 0.25) is 10.0 Å². The molecule has 0 fully saturated rings. The van der Waals surface area contributed by atoms with E-state index in [9.17, 15) is 8.42 Å². The van der Waals surface area contributed by atoms with Gasteiger partial charge in [0, 0.05) is 12.7 Å². The van der Waals surface area contributed by atoms with Crippen LogP contribution in [0.1, 0.15) is 30.1 Å². The highest BCUT2D eigenvalue weighted by atomic mass is 35.5. The molecule has 1 aromatic carbocycles. The second-order valence-corrected chi connectivity index (χ2v) is 7.59. The van der Waals surface area contributed by atoms with Crippen molar-refractivity contribution < 1.29 is 8.42 Å². The highest BCUT2D eigenvalue weighted by Crippen LogP contribution is 2.23. The summed E-state index contributed by atoms with van der Waals surface area (Å²) in [4.78, 5) is 4.67. The third-order valence-corrected chi connectivity index (χ3v) is 5.91. The minimum Gasteiger partial charge on any atom is -0.334 e. The van der Waals surface area contributed by atoms with Crippen molar-refractivity contribution in [2.45, 2.75) is 37.1 Å². The molecule has 1 aliphatic carbocycles. The van der Waals surface area contributed by atoms with E-state index < -0.39 is 10.0 Å². The molecule has 0 saturated carbocycles. The van der Waals surface area contributed by atoms with Crippen molar-refractivity contribution in [1.82, 2.24) is 14.3 Å². The van der Waals surface area contributed by atoms with Crippen molar-refractivity contribution in [3.63, 3.8) is 0 Å². The zero-order valence-corrected chi connectivity index (χ0v) is 13.9. The van der Waals surface area contributed by atoms with E-state index in [4.69, 9.17) is 11.6 Å². The van der Waals surface area contributed by atoms with E-state index in [1.165, 1.54) is 11.8 Å². The number of aryl methyl sites for hydroxylation is 1. The highest BCUT2D eigenvalue weighted by Gasteiger charge is 2.21. The first-order chi connectivity index (χ1) is 10.5. The van der Waals surface area contributed by atoms with Gasteiger partial charge in [-0.1, -0.05) is 23.7 Å². The fourth-order valence-electron chi connectivity index (χ4n) is 2.80. The maximum absolute atomic E-state index is 12.3. The number of aromatic nitrogens is 2. The zero-order chi connectivity index (χ0) is 15.7. The van der Waals surface area contributed by atoms with E-state index in [1.807, 2.05) is 11.6 Å². The molecule has 0 atom stereocenters. The number of sulfonamides is 1. The van der Waals surface area contributed by atoms with Crippen LogP contribution in [0.3, 0.4) is 0 Å². The largest absolute Gasteiger partial charge is 0.334 e. The minimum absolute atomic E-state index is 0.0932. The Morgan fingerprint density at radius 3 is 2.73 bits per heavy atom. The van der Waals surface area contributed by atoms with E-state index in [0.717, 1.165) is 37.2 Å². The minimum atomic E-state index is -3.64. The van der Waals surface area contributed by atoms with Crippen molar-refractivity contribution in [2.24, 2.45) is 7.05 Å². The van der Waals surface area contributed by atoms with Gasteiger partial charge in [-0.15, -0.1) is 0 Å². The molecule has 0 bridgehead atoms. The summed E-state index contributed by atoms with van der Waals surface area (Å²) in [5.74, 6) is 0.738. The molecule has 2 aromatic rings. The lowest BCUT2D eigenvalue weighted by atomic mass is 10.0. The van der Waals surface area contributed by atoms with Gasteiger partial charge in [-0.3, -0.25) is 0 Å². The van der Waals surface area contributed by atoms with Crippen LogP contribution in [0, 0.1) is 0 Å². The molecule has 0 spiro atoms. The Labute approximate surface area is 135 Å². The topological polar surface area (TPSA) is 64.0 Å². The van der Waals surface area contributed by atoms with Crippen LogP contribution < -0.4 is 4.72 Å². The van der Waals surface area contributed by atoms with E-state index >= 15 is 0 Å². The molecule has 118 valence electrons. The number of nitrogens with one attached hydrogen (secondary N) is 1. The average molecular weight is 340 g/mol.